The molecule has 3 nitrogen and oxygen atoms in total. The van der Waals surface area contributed by atoms with Crippen LogP contribution in [0, 0.1) is 5.41 Å². The van der Waals surface area contributed by atoms with E-state index in [1.54, 1.807) is 0 Å². The highest BCUT2D eigenvalue weighted by Gasteiger charge is 2.41. The lowest BCUT2D eigenvalue weighted by molar-refractivity contribution is -0.146. The van der Waals surface area contributed by atoms with Crippen LogP contribution in [0.2, 0.25) is 0 Å². The maximum absolute atomic E-state index is 12.2. The van der Waals surface area contributed by atoms with Gasteiger partial charge in [0.25, 0.3) is 0 Å². The van der Waals surface area contributed by atoms with Gasteiger partial charge in [0.1, 0.15) is 0 Å². The molecule has 1 aliphatic rings. The van der Waals surface area contributed by atoms with Gasteiger partial charge in [0.2, 0.25) is 5.91 Å². The van der Waals surface area contributed by atoms with E-state index in [2.05, 4.69) is 39.5 Å². The van der Waals surface area contributed by atoms with Crippen molar-refractivity contribution in [1.82, 2.24) is 9.80 Å². The molecule has 0 aromatic carbocycles. The Morgan fingerprint density at radius 1 is 1.27 bits per heavy atom. The number of piperazine rings is 1. The zero-order valence-corrected chi connectivity index (χ0v) is 10.9. The fraction of sp³-hybridized carbons (Fsp3) is 0.917. The second kappa shape index (κ2) is 4.12. The van der Waals surface area contributed by atoms with E-state index in [1.807, 2.05) is 11.9 Å². The van der Waals surface area contributed by atoms with Gasteiger partial charge in [-0.25, -0.2) is 0 Å². The molecule has 1 heterocycles. The van der Waals surface area contributed by atoms with Crippen LogP contribution in [-0.2, 0) is 4.79 Å². The maximum atomic E-state index is 12.2. The lowest BCUT2D eigenvalue weighted by Gasteiger charge is -2.47. The van der Waals surface area contributed by atoms with Crippen LogP contribution in [0.5, 0.6) is 0 Å². The first kappa shape index (κ1) is 12.5. The number of carbonyl (C=O) groups is 1. The zero-order valence-electron chi connectivity index (χ0n) is 10.9. The highest BCUT2D eigenvalue weighted by atomic mass is 16.2. The maximum Gasteiger partial charge on any atom is 0.240 e. The van der Waals surface area contributed by atoms with E-state index < -0.39 is 0 Å². The van der Waals surface area contributed by atoms with Crippen molar-refractivity contribution in [2.75, 3.05) is 20.1 Å². The molecule has 0 aliphatic carbocycles. The molecule has 1 amide bonds. The molecule has 1 aliphatic heterocycles. The summed E-state index contributed by atoms with van der Waals surface area (Å²) in [6, 6.07) is 0.461. The topological polar surface area (TPSA) is 23.6 Å². The summed E-state index contributed by atoms with van der Waals surface area (Å²) in [6.07, 6.45) is 0. The van der Waals surface area contributed by atoms with Gasteiger partial charge in [-0.05, 0) is 19.3 Å². The third-order valence-corrected chi connectivity index (χ3v) is 3.12. The summed E-state index contributed by atoms with van der Waals surface area (Å²) in [5.74, 6) is 0.266. The smallest absolute Gasteiger partial charge is 0.240 e. The predicted octanol–water partition coefficient (Wildman–Crippen LogP) is 1.58. The first-order chi connectivity index (χ1) is 6.75. The highest BCUT2D eigenvalue weighted by molar-refractivity contribution is 5.83. The second-order valence-corrected chi connectivity index (χ2v) is 5.86. The van der Waals surface area contributed by atoms with Crippen molar-refractivity contribution in [3.05, 3.63) is 0 Å². The van der Waals surface area contributed by atoms with E-state index in [0.717, 1.165) is 13.1 Å². The fourth-order valence-electron chi connectivity index (χ4n) is 2.28. The molecule has 0 bridgehead atoms. The lowest BCUT2D eigenvalue weighted by Crippen LogP contribution is -2.62. The quantitative estimate of drug-likeness (QED) is 0.659. The molecule has 1 saturated heterocycles. The molecule has 15 heavy (non-hydrogen) atoms. The molecule has 0 radical (unpaired) electrons. The summed E-state index contributed by atoms with van der Waals surface area (Å²) in [5, 5.41) is 0. The Bertz CT molecular complexity index is 242. The predicted molar refractivity (Wildman–Crippen MR) is 62.7 cm³/mol. The summed E-state index contributed by atoms with van der Waals surface area (Å²) in [5.41, 5.74) is 0.00995. The minimum Gasteiger partial charge on any atom is -0.343 e. The molecule has 0 aromatic heterocycles. The SMILES string of the molecule is CC(C)N1CCN(C)C(=O)[C@H]1C(C)(C)C. The number of nitrogens with zero attached hydrogens (tertiary/aromatic N) is 2. The van der Waals surface area contributed by atoms with Gasteiger partial charge in [0, 0.05) is 26.2 Å². The van der Waals surface area contributed by atoms with Crippen LogP contribution in [0.15, 0.2) is 0 Å². The largest absolute Gasteiger partial charge is 0.343 e. The number of likely N-dealkylation sites (N-methyl/N-ethyl adjacent to an activating group) is 1. The Hall–Kier alpha value is -0.570. The summed E-state index contributed by atoms with van der Waals surface area (Å²) in [7, 11) is 1.90. The summed E-state index contributed by atoms with van der Waals surface area (Å²) in [4.78, 5) is 16.3. The van der Waals surface area contributed by atoms with Crippen molar-refractivity contribution < 1.29 is 4.79 Å². The van der Waals surface area contributed by atoms with Crippen molar-refractivity contribution >= 4 is 5.91 Å². The molecule has 3 heteroatoms. The van der Waals surface area contributed by atoms with E-state index in [4.69, 9.17) is 0 Å². The molecular formula is C12H24N2O. The van der Waals surface area contributed by atoms with Crippen LogP contribution in [0.25, 0.3) is 0 Å². The number of rotatable bonds is 1. The molecule has 1 rings (SSSR count). The first-order valence-electron chi connectivity index (χ1n) is 5.76. The Morgan fingerprint density at radius 3 is 2.20 bits per heavy atom. The molecule has 0 spiro atoms. The molecular weight excluding hydrogens is 188 g/mol. The number of carbonyl (C=O) groups excluding carboxylic acids is 1. The van der Waals surface area contributed by atoms with E-state index in [0.29, 0.717) is 6.04 Å². The van der Waals surface area contributed by atoms with Gasteiger partial charge in [-0.15, -0.1) is 0 Å². The molecule has 1 atom stereocenters. The van der Waals surface area contributed by atoms with Crippen LogP contribution < -0.4 is 0 Å². The molecule has 88 valence electrons. The molecule has 0 aromatic rings. The third kappa shape index (κ3) is 2.51. The lowest BCUT2D eigenvalue weighted by atomic mass is 9.83. The van der Waals surface area contributed by atoms with Crippen LogP contribution in [0.1, 0.15) is 34.6 Å². The van der Waals surface area contributed by atoms with E-state index in [-0.39, 0.29) is 17.4 Å². The summed E-state index contributed by atoms with van der Waals surface area (Å²) in [6.45, 7) is 12.6. The Labute approximate surface area is 93.4 Å². The second-order valence-electron chi connectivity index (χ2n) is 5.86. The van der Waals surface area contributed by atoms with E-state index >= 15 is 0 Å². The molecule has 0 saturated carbocycles. The average molecular weight is 212 g/mol. The minimum atomic E-state index is 0.00995. The third-order valence-electron chi connectivity index (χ3n) is 3.12. The standard InChI is InChI=1S/C12H24N2O/c1-9(2)14-8-7-13(6)11(15)10(14)12(3,4)5/h9-10H,7-8H2,1-6H3/t10-/m0/s1. The van der Waals surface area contributed by atoms with E-state index in [1.165, 1.54) is 0 Å². The highest BCUT2D eigenvalue weighted by Crippen LogP contribution is 2.29. The van der Waals surface area contributed by atoms with Gasteiger partial charge < -0.3 is 4.90 Å². The van der Waals surface area contributed by atoms with Crippen molar-refractivity contribution in [3.8, 4) is 0 Å². The van der Waals surface area contributed by atoms with Gasteiger partial charge in [-0.1, -0.05) is 20.8 Å². The zero-order chi connectivity index (χ0) is 11.8. The first-order valence-corrected chi connectivity index (χ1v) is 5.76. The number of hydrogen-bond acceptors (Lipinski definition) is 2. The minimum absolute atomic E-state index is 0.00995. The number of amides is 1. The molecule has 0 unspecified atom stereocenters. The van der Waals surface area contributed by atoms with Crippen LogP contribution in [0.3, 0.4) is 0 Å². The fourth-order valence-corrected chi connectivity index (χ4v) is 2.28. The van der Waals surface area contributed by atoms with Crippen LogP contribution >= 0.6 is 0 Å². The Balaban J connectivity index is 2.95. The average Bonchev–Trinajstić information content (AvgIpc) is 2.06. The number of hydrogen-bond donors (Lipinski definition) is 0. The Morgan fingerprint density at radius 2 is 1.80 bits per heavy atom. The van der Waals surface area contributed by atoms with Gasteiger partial charge in [0.05, 0.1) is 6.04 Å². The Kier molecular flexibility index (Phi) is 3.44. The van der Waals surface area contributed by atoms with Crippen LogP contribution in [0.4, 0.5) is 0 Å². The monoisotopic (exact) mass is 212 g/mol. The summed E-state index contributed by atoms with van der Waals surface area (Å²) >= 11 is 0. The van der Waals surface area contributed by atoms with E-state index in [9.17, 15) is 4.79 Å². The molecule has 1 fully saturated rings. The summed E-state index contributed by atoms with van der Waals surface area (Å²) < 4.78 is 0. The van der Waals surface area contributed by atoms with Crippen molar-refractivity contribution in [2.24, 2.45) is 5.41 Å². The van der Waals surface area contributed by atoms with Crippen molar-refractivity contribution in [1.29, 1.82) is 0 Å². The molecule has 0 N–H and O–H groups in total. The van der Waals surface area contributed by atoms with Crippen molar-refractivity contribution in [2.45, 2.75) is 46.7 Å². The van der Waals surface area contributed by atoms with Gasteiger partial charge in [-0.2, -0.15) is 0 Å². The van der Waals surface area contributed by atoms with Crippen LogP contribution in [-0.4, -0.2) is 47.9 Å². The van der Waals surface area contributed by atoms with Gasteiger partial charge in [0.15, 0.2) is 0 Å². The van der Waals surface area contributed by atoms with Gasteiger partial charge >= 0.3 is 0 Å². The van der Waals surface area contributed by atoms with Crippen molar-refractivity contribution in [3.63, 3.8) is 0 Å². The van der Waals surface area contributed by atoms with Gasteiger partial charge in [-0.3, -0.25) is 9.69 Å². The normalized spacial score (nSPS) is 25.1.